The number of likely N-dealkylation sites (N-methyl/N-ethyl adjacent to an activating group) is 1. The zero-order chi connectivity index (χ0) is 24.0. The van der Waals surface area contributed by atoms with E-state index in [1.807, 2.05) is 66.7 Å². The van der Waals surface area contributed by atoms with Crippen LogP contribution in [0, 0.1) is 11.8 Å². The topological polar surface area (TPSA) is 73.1 Å². The third kappa shape index (κ3) is 5.37. The van der Waals surface area contributed by atoms with Gasteiger partial charge in [-0.05, 0) is 68.2 Å². The molecule has 1 aliphatic rings. The Labute approximate surface area is 205 Å². The van der Waals surface area contributed by atoms with E-state index in [1.54, 1.807) is 0 Å². The van der Waals surface area contributed by atoms with Crippen LogP contribution in [0.3, 0.4) is 0 Å². The van der Waals surface area contributed by atoms with Crippen LogP contribution in [0.25, 0.3) is 10.9 Å². The van der Waals surface area contributed by atoms with E-state index in [2.05, 4.69) is 56.8 Å². The number of urea groups is 1. The van der Waals surface area contributed by atoms with E-state index in [4.69, 9.17) is 0 Å². The lowest BCUT2D eigenvalue weighted by Crippen LogP contribution is -2.47. The lowest BCUT2D eigenvalue weighted by molar-refractivity contribution is 0.147. The number of H-pyrrole nitrogens is 1. The van der Waals surface area contributed by atoms with Gasteiger partial charge < -0.3 is 15.5 Å². The smallest absolute Gasteiger partial charge is 0.319 e. The van der Waals surface area contributed by atoms with Crippen molar-refractivity contribution in [2.75, 3.05) is 18.9 Å². The van der Waals surface area contributed by atoms with Crippen LogP contribution in [0.15, 0.2) is 78.9 Å². The Kier molecular flexibility index (Phi) is 6.78. The molecule has 5 rings (SSSR count). The molecule has 0 bridgehead atoms. The minimum atomic E-state index is -0.224. The average Bonchev–Trinajstić information content (AvgIpc) is 3.30. The molecular weight excluding hydrogens is 434 g/mol. The number of aromatic amines is 1. The van der Waals surface area contributed by atoms with Crippen LogP contribution < -0.4 is 10.6 Å². The normalized spacial score (nSPS) is 16.8. The van der Waals surface area contributed by atoms with Crippen molar-refractivity contribution in [2.45, 2.75) is 31.3 Å². The number of nitrogens with one attached hydrogen (secondary N) is 3. The molecule has 1 aromatic heterocycles. The van der Waals surface area contributed by atoms with Crippen molar-refractivity contribution in [3.8, 4) is 11.8 Å². The fourth-order valence-electron chi connectivity index (χ4n) is 4.73. The number of aromatic nitrogens is 2. The van der Waals surface area contributed by atoms with Gasteiger partial charge in [0, 0.05) is 22.7 Å². The predicted octanol–water partition coefficient (Wildman–Crippen LogP) is 5.31. The number of nitrogens with zero attached hydrogens (tertiary/aromatic N) is 2. The number of benzene rings is 3. The Balaban J connectivity index is 1.35. The fraction of sp³-hybridized carbons (Fsp3) is 0.241. The summed E-state index contributed by atoms with van der Waals surface area (Å²) in [6.07, 6.45) is 3.42. The van der Waals surface area contributed by atoms with E-state index in [-0.39, 0.29) is 18.1 Å². The molecule has 0 saturated carbocycles. The van der Waals surface area contributed by atoms with Gasteiger partial charge in [-0.2, -0.15) is 5.10 Å². The Hall–Kier alpha value is -4.08. The molecule has 4 aromatic rings. The molecular formula is C29H29N5O. The molecule has 6 nitrogen and oxygen atoms in total. The highest BCUT2D eigenvalue weighted by molar-refractivity contribution is 5.94. The second kappa shape index (κ2) is 10.5. The summed E-state index contributed by atoms with van der Waals surface area (Å²) in [5.41, 5.74) is 4.27. The number of amides is 2. The van der Waals surface area contributed by atoms with Crippen LogP contribution in [0.5, 0.6) is 0 Å². The van der Waals surface area contributed by atoms with E-state index >= 15 is 0 Å². The maximum atomic E-state index is 13.1. The SMILES string of the molecule is CN1CCCCC1C(NC(=O)Nc1ccc2[nH]nc(C#Cc3ccccc3)c2c1)c1ccccc1. The summed E-state index contributed by atoms with van der Waals surface area (Å²) < 4.78 is 0. The van der Waals surface area contributed by atoms with E-state index in [1.165, 1.54) is 12.8 Å². The van der Waals surface area contributed by atoms with Crippen LogP contribution in [-0.2, 0) is 0 Å². The summed E-state index contributed by atoms with van der Waals surface area (Å²) in [4.78, 5) is 15.5. The number of carbonyl (C=O) groups excluding carboxylic acids is 1. The van der Waals surface area contributed by atoms with Crippen LogP contribution >= 0.6 is 0 Å². The molecule has 2 atom stereocenters. The zero-order valence-corrected chi connectivity index (χ0v) is 19.8. The van der Waals surface area contributed by atoms with Crippen LogP contribution in [0.2, 0.25) is 0 Å². The van der Waals surface area contributed by atoms with Crippen LogP contribution in [0.4, 0.5) is 10.5 Å². The third-order valence-corrected chi connectivity index (χ3v) is 6.58. The zero-order valence-electron chi connectivity index (χ0n) is 19.8. The van der Waals surface area contributed by atoms with E-state index < -0.39 is 0 Å². The Morgan fingerprint density at radius 2 is 1.80 bits per heavy atom. The first-order valence-corrected chi connectivity index (χ1v) is 12.1. The molecule has 3 aromatic carbocycles. The summed E-state index contributed by atoms with van der Waals surface area (Å²) in [5, 5.41) is 14.5. The standard InChI is InChI=1S/C29H29N5O/c1-34-19-9-8-14-27(34)28(22-12-6-3-7-13-22)31-29(35)30-23-16-18-26-24(20-23)25(32-33-26)17-15-21-10-4-2-5-11-21/h2-7,10-13,16,18,20,27-28H,8-9,14,19H2,1H3,(H,32,33)(H2,30,31,35). The van der Waals surface area contributed by atoms with Gasteiger partial charge in [-0.1, -0.05) is 60.9 Å². The Morgan fingerprint density at radius 3 is 2.57 bits per heavy atom. The number of carbonyl (C=O) groups is 1. The second-order valence-electron chi connectivity index (χ2n) is 8.98. The minimum absolute atomic E-state index is 0.0912. The van der Waals surface area contributed by atoms with E-state index in [0.29, 0.717) is 11.4 Å². The van der Waals surface area contributed by atoms with Gasteiger partial charge >= 0.3 is 6.03 Å². The Bertz CT molecular complexity index is 1350. The highest BCUT2D eigenvalue weighted by Crippen LogP contribution is 2.28. The van der Waals surface area contributed by atoms with Gasteiger partial charge in [0.1, 0.15) is 5.69 Å². The number of likely N-dealkylation sites (tertiary alicyclic amines) is 1. The summed E-state index contributed by atoms with van der Waals surface area (Å²) >= 11 is 0. The first-order chi connectivity index (χ1) is 17.2. The fourth-order valence-corrected chi connectivity index (χ4v) is 4.73. The summed E-state index contributed by atoms with van der Waals surface area (Å²) in [6, 6.07) is 25.7. The molecule has 176 valence electrons. The molecule has 6 heteroatoms. The van der Waals surface area contributed by atoms with Gasteiger partial charge in [0.2, 0.25) is 0 Å². The van der Waals surface area contributed by atoms with Crippen LogP contribution in [0.1, 0.15) is 42.1 Å². The molecule has 3 N–H and O–H groups in total. The van der Waals surface area contributed by atoms with Crippen molar-refractivity contribution in [3.63, 3.8) is 0 Å². The quantitative estimate of drug-likeness (QED) is 0.359. The van der Waals surface area contributed by atoms with Crippen molar-refractivity contribution >= 4 is 22.6 Å². The van der Waals surface area contributed by atoms with Crippen LogP contribution in [-0.4, -0.2) is 40.8 Å². The molecule has 0 radical (unpaired) electrons. The van der Waals surface area contributed by atoms with Gasteiger partial charge in [0.15, 0.2) is 0 Å². The first kappa shape index (κ1) is 22.7. The highest BCUT2D eigenvalue weighted by Gasteiger charge is 2.30. The lowest BCUT2D eigenvalue weighted by Gasteiger charge is -2.38. The summed E-state index contributed by atoms with van der Waals surface area (Å²) in [7, 11) is 2.14. The maximum Gasteiger partial charge on any atom is 0.319 e. The summed E-state index contributed by atoms with van der Waals surface area (Å²) in [6.45, 7) is 1.04. The third-order valence-electron chi connectivity index (χ3n) is 6.58. The van der Waals surface area contributed by atoms with Crippen molar-refractivity contribution < 1.29 is 4.79 Å². The van der Waals surface area contributed by atoms with Gasteiger partial charge in [-0.15, -0.1) is 0 Å². The van der Waals surface area contributed by atoms with Gasteiger partial charge in [0.05, 0.1) is 11.6 Å². The van der Waals surface area contributed by atoms with Crippen molar-refractivity contribution in [2.24, 2.45) is 0 Å². The largest absolute Gasteiger partial charge is 0.329 e. The first-order valence-electron chi connectivity index (χ1n) is 12.1. The van der Waals surface area contributed by atoms with Crippen molar-refractivity contribution in [1.82, 2.24) is 20.4 Å². The van der Waals surface area contributed by atoms with Gasteiger partial charge in [0.25, 0.3) is 0 Å². The molecule has 0 aliphatic carbocycles. The predicted molar refractivity (Wildman–Crippen MR) is 140 cm³/mol. The Morgan fingerprint density at radius 1 is 1.03 bits per heavy atom. The lowest BCUT2D eigenvalue weighted by atomic mass is 9.91. The molecule has 2 unspecified atom stereocenters. The molecule has 1 saturated heterocycles. The number of piperidine rings is 1. The van der Waals surface area contributed by atoms with Crippen molar-refractivity contribution in [1.29, 1.82) is 0 Å². The number of hydrogen-bond donors (Lipinski definition) is 3. The minimum Gasteiger partial charge on any atom is -0.329 e. The maximum absolute atomic E-state index is 13.1. The molecule has 2 heterocycles. The number of fused-ring (bicyclic) bond motifs is 1. The van der Waals surface area contributed by atoms with Gasteiger partial charge in [-0.3, -0.25) is 5.10 Å². The van der Waals surface area contributed by atoms with Gasteiger partial charge in [-0.25, -0.2) is 4.79 Å². The molecule has 35 heavy (non-hydrogen) atoms. The summed E-state index contributed by atoms with van der Waals surface area (Å²) in [5.74, 6) is 6.29. The highest BCUT2D eigenvalue weighted by atomic mass is 16.2. The monoisotopic (exact) mass is 463 g/mol. The van der Waals surface area contributed by atoms with E-state index in [9.17, 15) is 4.79 Å². The van der Waals surface area contributed by atoms with Crippen molar-refractivity contribution in [3.05, 3.63) is 95.7 Å². The molecule has 1 aliphatic heterocycles. The number of hydrogen-bond acceptors (Lipinski definition) is 3. The number of anilines is 1. The molecule has 1 fully saturated rings. The molecule has 0 spiro atoms. The molecule has 2 amide bonds. The second-order valence-corrected chi connectivity index (χ2v) is 8.98. The van der Waals surface area contributed by atoms with E-state index in [0.717, 1.165) is 35.0 Å². The number of rotatable bonds is 4. The average molecular weight is 464 g/mol.